The minimum atomic E-state index is -0.393. The maximum atomic E-state index is 13.6. The molecule has 1 aliphatic heterocycles. The predicted molar refractivity (Wildman–Crippen MR) is 134 cm³/mol. The van der Waals surface area contributed by atoms with Gasteiger partial charge < -0.3 is 29.3 Å². The van der Waals surface area contributed by atoms with Gasteiger partial charge in [0.1, 0.15) is 17.4 Å². The van der Waals surface area contributed by atoms with E-state index in [1.165, 1.54) is 0 Å². The Morgan fingerprint density at radius 3 is 2.66 bits per heavy atom. The Balaban J connectivity index is 2.02. The summed E-state index contributed by atoms with van der Waals surface area (Å²) in [4.78, 5) is 35.9. The van der Waals surface area contributed by atoms with Crippen molar-refractivity contribution in [2.45, 2.75) is 26.0 Å². The fourth-order valence-electron chi connectivity index (χ4n) is 4.11. The van der Waals surface area contributed by atoms with Gasteiger partial charge in [0.05, 0.1) is 32.8 Å². The van der Waals surface area contributed by atoms with Crippen LogP contribution in [0.1, 0.15) is 24.2 Å². The lowest BCUT2D eigenvalue weighted by Crippen LogP contribution is -2.51. The molecule has 2 aromatic rings. The molecule has 0 bridgehead atoms. The Morgan fingerprint density at radius 1 is 1.29 bits per heavy atom. The first-order valence-corrected chi connectivity index (χ1v) is 11.8. The van der Waals surface area contributed by atoms with Crippen LogP contribution in [0.5, 0.6) is 11.6 Å². The van der Waals surface area contributed by atoms with E-state index < -0.39 is 6.10 Å². The molecule has 0 radical (unpaired) electrons. The van der Waals surface area contributed by atoms with Crippen molar-refractivity contribution in [3.63, 3.8) is 0 Å². The molecule has 2 heterocycles. The summed E-state index contributed by atoms with van der Waals surface area (Å²) in [6.45, 7) is 4.64. The van der Waals surface area contributed by atoms with Gasteiger partial charge in [-0.25, -0.2) is 4.98 Å². The minimum Gasteiger partial charge on any atom is -0.496 e. The van der Waals surface area contributed by atoms with Gasteiger partial charge in [0, 0.05) is 36.8 Å². The van der Waals surface area contributed by atoms with Crippen LogP contribution in [-0.2, 0) is 4.79 Å². The van der Waals surface area contributed by atoms with Crippen molar-refractivity contribution >= 4 is 11.8 Å². The average Bonchev–Trinajstić information content (AvgIpc) is 2.84. The standard InChI is InChI=1S/C26H36N4O5/c1-17-13-30(18(2)16-31)26(33)21-11-19(20-9-7-8-10-22(20)34-6)12-27-25(21)35-23(17)14-29(5)24(32)15-28(3)4/h7-12,17-18,23,31H,13-16H2,1-6H3/t17-,18-,23-/m1/s1. The zero-order valence-corrected chi connectivity index (χ0v) is 21.4. The van der Waals surface area contributed by atoms with Gasteiger partial charge in [-0.3, -0.25) is 9.59 Å². The Kier molecular flexibility index (Phi) is 8.69. The first-order chi connectivity index (χ1) is 16.7. The van der Waals surface area contributed by atoms with Gasteiger partial charge in [-0.2, -0.15) is 0 Å². The number of ether oxygens (including phenoxy) is 2. The van der Waals surface area contributed by atoms with Crippen molar-refractivity contribution in [2.75, 3.05) is 54.5 Å². The van der Waals surface area contributed by atoms with Crippen LogP contribution in [-0.4, -0.2) is 103 Å². The Hall–Kier alpha value is -3.17. The molecule has 0 unspecified atom stereocenters. The highest BCUT2D eigenvalue weighted by Crippen LogP contribution is 2.34. The van der Waals surface area contributed by atoms with Crippen LogP contribution in [0, 0.1) is 5.92 Å². The van der Waals surface area contributed by atoms with Crippen LogP contribution in [0.2, 0.25) is 0 Å². The second-order valence-electron chi connectivity index (χ2n) is 9.41. The molecule has 35 heavy (non-hydrogen) atoms. The zero-order chi connectivity index (χ0) is 25.7. The summed E-state index contributed by atoms with van der Waals surface area (Å²) >= 11 is 0. The van der Waals surface area contributed by atoms with Crippen LogP contribution in [0.15, 0.2) is 36.5 Å². The molecule has 1 aliphatic rings. The van der Waals surface area contributed by atoms with Gasteiger partial charge in [0.2, 0.25) is 11.8 Å². The molecule has 9 nitrogen and oxygen atoms in total. The van der Waals surface area contributed by atoms with E-state index in [-0.39, 0.29) is 36.3 Å². The van der Waals surface area contributed by atoms with Gasteiger partial charge in [-0.15, -0.1) is 0 Å². The molecule has 3 rings (SSSR count). The number of aliphatic hydroxyl groups is 1. The maximum absolute atomic E-state index is 13.6. The van der Waals surface area contributed by atoms with Crippen molar-refractivity contribution < 1.29 is 24.2 Å². The number of rotatable bonds is 8. The smallest absolute Gasteiger partial charge is 0.259 e. The van der Waals surface area contributed by atoms with E-state index >= 15 is 0 Å². The summed E-state index contributed by atoms with van der Waals surface area (Å²) in [5, 5.41) is 9.86. The topological polar surface area (TPSA) is 95.4 Å². The van der Waals surface area contributed by atoms with E-state index in [4.69, 9.17) is 9.47 Å². The quantitative estimate of drug-likeness (QED) is 0.612. The van der Waals surface area contributed by atoms with Crippen molar-refractivity contribution in [2.24, 2.45) is 5.92 Å². The number of nitrogens with zero attached hydrogens (tertiary/aromatic N) is 4. The summed E-state index contributed by atoms with van der Waals surface area (Å²) in [5.41, 5.74) is 1.84. The monoisotopic (exact) mass is 484 g/mol. The molecular formula is C26H36N4O5. The summed E-state index contributed by atoms with van der Waals surface area (Å²) in [6, 6.07) is 8.89. The molecular weight excluding hydrogens is 448 g/mol. The van der Waals surface area contributed by atoms with Crippen molar-refractivity contribution in [1.29, 1.82) is 0 Å². The van der Waals surface area contributed by atoms with Crippen LogP contribution in [0.25, 0.3) is 11.1 Å². The van der Waals surface area contributed by atoms with Gasteiger partial charge in [0.15, 0.2) is 0 Å². The second kappa shape index (κ2) is 11.5. The maximum Gasteiger partial charge on any atom is 0.259 e. The molecule has 0 spiro atoms. The van der Waals surface area contributed by atoms with E-state index in [0.717, 1.165) is 11.1 Å². The lowest BCUT2D eigenvalue weighted by atomic mass is 9.99. The number of carbonyl (C=O) groups excluding carboxylic acids is 2. The molecule has 0 saturated carbocycles. The molecule has 9 heteroatoms. The van der Waals surface area contributed by atoms with Crippen LogP contribution >= 0.6 is 0 Å². The first kappa shape index (κ1) is 26.4. The lowest BCUT2D eigenvalue weighted by molar-refractivity contribution is -0.132. The highest BCUT2D eigenvalue weighted by molar-refractivity contribution is 5.98. The number of likely N-dealkylation sites (N-methyl/N-ethyl adjacent to an activating group) is 2. The van der Waals surface area contributed by atoms with E-state index in [0.29, 0.717) is 30.9 Å². The highest BCUT2D eigenvalue weighted by atomic mass is 16.5. The summed E-state index contributed by atoms with van der Waals surface area (Å²) in [6.07, 6.45) is 1.27. The van der Waals surface area contributed by atoms with E-state index in [9.17, 15) is 14.7 Å². The number of fused-ring (bicyclic) bond motifs is 1. The van der Waals surface area contributed by atoms with Crippen LogP contribution in [0.3, 0.4) is 0 Å². The van der Waals surface area contributed by atoms with Gasteiger partial charge in [-0.05, 0) is 33.2 Å². The van der Waals surface area contributed by atoms with E-state index in [1.54, 1.807) is 36.2 Å². The third-order valence-corrected chi connectivity index (χ3v) is 6.27. The Morgan fingerprint density at radius 2 is 2.00 bits per heavy atom. The molecule has 3 atom stereocenters. The summed E-state index contributed by atoms with van der Waals surface area (Å²) < 4.78 is 11.8. The van der Waals surface area contributed by atoms with Gasteiger partial charge in [0.25, 0.3) is 5.91 Å². The number of hydrogen-bond acceptors (Lipinski definition) is 7. The largest absolute Gasteiger partial charge is 0.496 e. The number of aromatic nitrogens is 1. The van der Waals surface area contributed by atoms with Crippen molar-refractivity contribution in [3.8, 4) is 22.8 Å². The Labute approximate surface area is 207 Å². The number of aliphatic hydroxyl groups excluding tert-OH is 1. The van der Waals surface area contributed by atoms with Gasteiger partial charge in [-0.1, -0.05) is 25.1 Å². The van der Waals surface area contributed by atoms with Crippen molar-refractivity contribution in [3.05, 3.63) is 42.1 Å². The fraction of sp³-hybridized carbons (Fsp3) is 0.500. The number of para-hydroxylation sites is 1. The average molecular weight is 485 g/mol. The molecule has 190 valence electrons. The number of carbonyl (C=O) groups is 2. The normalized spacial score (nSPS) is 18.9. The second-order valence-corrected chi connectivity index (χ2v) is 9.41. The molecule has 2 amide bonds. The zero-order valence-electron chi connectivity index (χ0n) is 21.4. The molecule has 0 aliphatic carbocycles. The third kappa shape index (κ3) is 6.10. The lowest BCUT2D eigenvalue weighted by Gasteiger charge is -2.37. The first-order valence-electron chi connectivity index (χ1n) is 11.8. The van der Waals surface area contributed by atoms with E-state index in [1.807, 2.05) is 57.1 Å². The number of benzene rings is 1. The van der Waals surface area contributed by atoms with Crippen LogP contribution in [0.4, 0.5) is 0 Å². The number of pyridine rings is 1. The van der Waals surface area contributed by atoms with Crippen molar-refractivity contribution in [1.82, 2.24) is 19.7 Å². The minimum absolute atomic E-state index is 0.0239. The summed E-state index contributed by atoms with van der Waals surface area (Å²) in [7, 11) is 7.04. The number of amides is 2. The molecule has 1 N–H and O–H groups in total. The third-order valence-electron chi connectivity index (χ3n) is 6.27. The number of hydrogen-bond donors (Lipinski definition) is 1. The van der Waals surface area contributed by atoms with E-state index in [2.05, 4.69) is 4.98 Å². The Bertz CT molecular complexity index is 1040. The predicted octanol–water partition coefficient (Wildman–Crippen LogP) is 2.00. The fourth-order valence-corrected chi connectivity index (χ4v) is 4.11. The number of methoxy groups -OCH3 is 1. The van der Waals surface area contributed by atoms with Crippen LogP contribution < -0.4 is 9.47 Å². The molecule has 1 aromatic carbocycles. The molecule has 0 fully saturated rings. The summed E-state index contributed by atoms with van der Waals surface area (Å²) in [5.74, 6) is 0.499. The van der Waals surface area contributed by atoms with Gasteiger partial charge >= 0.3 is 0 Å². The highest BCUT2D eigenvalue weighted by Gasteiger charge is 2.35. The molecule has 1 aromatic heterocycles. The molecule has 0 saturated heterocycles. The SMILES string of the molecule is COc1ccccc1-c1cnc2c(c1)C(=O)N([C@H](C)CO)C[C@@H](C)[C@@H](CN(C)C(=O)CN(C)C)O2.